The van der Waals surface area contributed by atoms with Crippen molar-refractivity contribution in [3.05, 3.63) is 59.2 Å². The van der Waals surface area contributed by atoms with Gasteiger partial charge in [-0.2, -0.15) is 0 Å². The summed E-state index contributed by atoms with van der Waals surface area (Å²) in [5, 5.41) is 2.81. The van der Waals surface area contributed by atoms with E-state index in [1.54, 1.807) is 6.07 Å². The van der Waals surface area contributed by atoms with Crippen molar-refractivity contribution in [2.75, 3.05) is 30.3 Å². The molecule has 0 aliphatic heterocycles. The van der Waals surface area contributed by atoms with Crippen LogP contribution in [0.4, 0.5) is 5.69 Å². The lowest BCUT2D eigenvalue weighted by molar-refractivity contribution is -0.121. The second kappa shape index (κ2) is 10.3. The Balaban J connectivity index is 1.80. The molecule has 1 amide bonds. The van der Waals surface area contributed by atoms with Crippen LogP contribution in [0.1, 0.15) is 29.5 Å². The zero-order valence-electron chi connectivity index (χ0n) is 17.6. The molecule has 0 saturated carbocycles. The Morgan fingerprint density at radius 3 is 2.52 bits per heavy atom. The minimum Gasteiger partial charge on any atom is -0.492 e. The number of amides is 1. The zero-order chi connectivity index (χ0) is 21.4. The van der Waals surface area contributed by atoms with Gasteiger partial charge in [-0.05, 0) is 62.1 Å². The number of carbonyl (C=O) groups excluding carboxylic acids is 1. The van der Waals surface area contributed by atoms with Crippen LogP contribution >= 0.6 is 0 Å². The van der Waals surface area contributed by atoms with Crippen molar-refractivity contribution >= 4 is 21.6 Å². The molecule has 0 atom stereocenters. The second-order valence-electron chi connectivity index (χ2n) is 7.17. The number of carbonyl (C=O) groups is 1. The molecule has 0 saturated heterocycles. The SMILES string of the molecule is Cc1cccc(OCCNC(=O)CCCN(c2cccc(C)c2C)S(C)(=O)=O)c1. The van der Waals surface area contributed by atoms with E-state index in [4.69, 9.17) is 4.74 Å². The highest BCUT2D eigenvalue weighted by atomic mass is 32.2. The molecule has 2 aromatic carbocycles. The predicted octanol–water partition coefficient (Wildman–Crippen LogP) is 3.35. The minimum atomic E-state index is -3.43. The van der Waals surface area contributed by atoms with E-state index in [0.717, 1.165) is 22.4 Å². The lowest BCUT2D eigenvalue weighted by Crippen LogP contribution is -2.33. The highest BCUT2D eigenvalue weighted by molar-refractivity contribution is 7.92. The lowest BCUT2D eigenvalue weighted by atomic mass is 10.1. The number of ether oxygens (including phenoxy) is 1. The van der Waals surface area contributed by atoms with Gasteiger partial charge in [0.2, 0.25) is 15.9 Å². The van der Waals surface area contributed by atoms with Crippen molar-refractivity contribution < 1.29 is 17.9 Å². The largest absolute Gasteiger partial charge is 0.492 e. The molecule has 0 bridgehead atoms. The van der Waals surface area contributed by atoms with E-state index >= 15 is 0 Å². The van der Waals surface area contributed by atoms with Crippen molar-refractivity contribution in [1.82, 2.24) is 5.32 Å². The Morgan fingerprint density at radius 2 is 1.83 bits per heavy atom. The molecule has 0 spiro atoms. The lowest BCUT2D eigenvalue weighted by Gasteiger charge is -2.24. The van der Waals surface area contributed by atoms with E-state index in [1.807, 2.05) is 57.2 Å². The fourth-order valence-electron chi connectivity index (χ4n) is 3.01. The van der Waals surface area contributed by atoms with Gasteiger partial charge in [0.1, 0.15) is 12.4 Å². The van der Waals surface area contributed by atoms with Gasteiger partial charge >= 0.3 is 0 Å². The standard InChI is InChI=1S/C22H30N2O4S/c1-17-8-5-10-20(16-17)28-15-13-23-22(25)12-7-14-24(29(4,26)27)21-11-6-9-18(2)19(21)3/h5-6,8-11,16H,7,12-15H2,1-4H3,(H,23,25). The van der Waals surface area contributed by atoms with E-state index in [2.05, 4.69) is 5.32 Å². The molecule has 0 aliphatic rings. The van der Waals surface area contributed by atoms with Crippen molar-refractivity contribution in [2.45, 2.75) is 33.6 Å². The average Bonchev–Trinajstić information content (AvgIpc) is 2.64. The first kappa shape index (κ1) is 22.7. The predicted molar refractivity (Wildman–Crippen MR) is 117 cm³/mol. The van der Waals surface area contributed by atoms with Gasteiger partial charge in [0.25, 0.3) is 0 Å². The molecule has 6 nitrogen and oxygen atoms in total. The summed E-state index contributed by atoms with van der Waals surface area (Å²) in [6.45, 7) is 6.89. The summed E-state index contributed by atoms with van der Waals surface area (Å²) >= 11 is 0. The number of hydrogen-bond donors (Lipinski definition) is 1. The van der Waals surface area contributed by atoms with Crippen LogP contribution in [0.2, 0.25) is 0 Å². The number of aryl methyl sites for hydroxylation is 2. The van der Waals surface area contributed by atoms with Crippen LogP contribution in [0.5, 0.6) is 5.75 Å². The summed E-state index contributed by atoms with van der Waals surface area (Å²) < 4.78 is 31.5. The van der Waals surface area contributed by atoms with Crippen LogP contribution in [-0.2, 0) is 14.8 Å². The maximum absolute atomic E-state index is 12.2. The minimum absolute atomic E-state index is 0.118. The number of nitrogens with one attached hydrogen (secondary N) is 1. The van der Waals surface area contributed by atoms with Crippen LogP contribution < -0.4 is 14.4 Å². The summed E-state index contributed by atoms with van der Waals surface area (Å²) in [7, 11) is -3.43. The molecule has 0 aromatic heterocycles. The third-order valence-corrected chi connectivity index (χ3v) is 5.87. The molecule has 0 aliphatic carbocycles. The molecular formula is C22H30N2O4S. The Kier molecular flexibility index (Phi) is 8.08. The molecule has 29 heavy (non-hydrogen) atoms. The van der Waals surface area contributed by atoms with Crippen LogP contribution in [0.3, 0.4) is 0 Å². The Morgan fingerprint density at radius 1 is 1.10 bits per heavy atom. The van der Waals surface area contributed by atoms with Gasteiger partial charge in [-0.1, -0.05) is 24.3 Å². The van der Waals surface area contributed by atoms with Crippen molar-refractivity contribution in [2.24, 2.45) is 0 Å². The molecule has 1 N–H and O–H groups in total. The molecule has 0 unspecified atom stereocenters. The van der Waals surface area contributed by atoms with E-state index in [1.165, 1.54) is 10.6 Å². The number of sulfonamides is 1. The second-order valence-corrected chi connectivity index (χ2v) is 9.08. The van der Waals surface area contributed by atoms with Gasteiger partial charge in [0.05, 0.1) is 18.5 Å². The topological polar surface area (TPSA) is 75.7 Å². The first-order valence-electron chi connectivity index (χ1n) is 9.68. The highest BCUT2D eigenvalue weighted by Gasteiger charge is 2.19. The van der Waals surface area contributed by atoms with Gasteiger partial charge in [-0.3, -0.25) is 9.10 Å². The molecule has 2 aromatic rings. The Bertz CT molecular complexity index is 942. The van der Waals surface area contributed by atoms with Crippen molar-refractivity contribution in [3.63, 3.8) is 0 Å². The first-order valence-corrected chi connectivity index (χ1v) is 11.5. The summed E-state index contributed by atoms with van der Waals surface area (Å²) in [6, 6.07) is 13.3. The Labute approximate surface area is 173 Å². The maximum Gasteiger partial charge on any atom is 0.232 e. The third-order valence-electron chi connectivity index (χ3n) is 4.69. The fraction of sp³-hybridized carbons (Fsp3) is 0.409. The molecule has 2 rings (SSSR count). The highest BCUT2D eigenvalue weighted by Crippen LogP contribution is 2.25. The van der Waals surface area contributed by atoms with E-state index in [9.17, 15) is 13.2 Å². The number of rotatable bonds is 10. The van der Waals surface area contributed by atoms with Crippen molar-refractivity contribution in [3.8, 4) is 5.75 Å². The van der Waals surface area contributed by atoms with Crippen LogP contribution in [0.15, 0.2) is 42.5 Å². The molecular weight excluding hydrogens is 388 g/mol. The average molecular weight is 419 g/mol. The first-order chi connectivity index (χ1) is 13.7. The van der Waals surface area contributed by atoms with E-state index in [0.29, 0.717) is 25.3 Å². The number of hydrogen-bond acceptors (Lipinski definition) is 4. The number of nitrogens with zero attached hydrogens (tertiary/aromatic N) is 1. The summed E-state index contributed by atoms with van der Waals surface area (Å²) in [6.07, 6.45) is 1.88. The summed E-state index contributed by atoms with van der Waals surface area (Å²) in [4.78, 5) is 12.1. The summed E-state index contributed by atoms with van der Waals surface area (Å²) in [5.74, 6) is 0.656. The van der Waals surface area contributed by atoms with Gasteiger partial charge in [0, 0.05) is 13.0 Å². The molecule has 0 fully saturated rings. The Hall–Kier alpha value is -2.54. The normalized spacial score (nSPS) is 11.2. The smallest absolute Gasteiger partial charge is 0.232 e. The quantitative estimate of drug-likeness (QED) is 0.601. The zero-order valence-corrected chi connectivity index (χ0v) is 18.4. The number of benzene rings is 2. The van der Waals surface area contributed by atoms with E-state index in [-0.39, 0.29) is 18.9 Å². The maximum atomic E-state index is 12.2. The van der Waals surface area contributed by atoms with Gasteiger partial charge in [-0.15, -0.1) is 0 Å². The monoisotopic (exact) mass is 418 g/mol. The summed E-state index contributed by atoms with van der Waals surface area (Å²) in [5.41, 5.74) is 3.74. The molecule has 0 heterocycles. The molecule has 0 radical (unpaired) electrons. The van der Waals surface area contributed by atoms with E-state index < -0.39 is 10.0 Å². The van der Waals surface area contributed by atoms with Gasteiger partial charge in [-0.25, -0.2) is 8.42 Å². The van der Waals surface area contributed by atoms with Gasteiger partial charge < -0.3 is 10.1 Å². The van der Waals surface area contributed by atoms with Gasteiger partial charge in [0.15, 0.2) is 0 Å². The molecule has 7 heteroatoms. The number of anilines is 1. The van der Waals surface area contributed by atoms with Crippen molar-refractivity contribution in [1.29, 1.82) is 0 Å². The fourth-order valence-corrected chi connectivity index (χ4v) is 4.02. The van der Waals surface area contributed by atoms with Crippen LogP contribution in [-0.4, -0.2) is 40.3 Å². The van der Waals surface area contributed by atoms with Crippen LogP contribution in [0.25, 0.3) is 0 Å². The molecule has 158 valence electrons. The third kappa shape index (κ3) is 7.09. The van der Waals surface area contributed by atoms with Crippen LogP contribution in [0, 0.1) is 20.8 Å².